The second-order valence-electron chi connectivity index (χ2n) is 5.41. The molecule has 20 heavy (non-hydrogen) atoms. The monoisotopic (exact) mass is 297 g/mol. The van der Waals surface area contributed by atoms with Gasteiger partial charge in [0.15, 0.2) is 5.69 Å². The van der Waals surface area contributed by atoms with Crippen LogP contribution in [0.3, 0.4) is 0 Å². The summed E-state index contributed by atoms with van der Waals surface area (Å²) in [4.78, 5) is 16.3. The van der Waals surface area contributed by atoms with Crippen molar-refractivity contribution >= 4 is 17.3 Å². The third-order valence-electron chi connectivity index (χ3n) is 3.73. The maximum atomic E-state index is 11.2. The van der Waals surface area contributed by atoms with Crippen molar-refractivity contribution in [3.05, 3.63) is 16.1 Å². The molecule has 0 radical (unpaired) electrons. The van der Waals surface area contributed by atoms with Crippen LogP contribution in [0.4, 0.5) is 0 Å². The third-order valence-corrected chi connectivity index (χ3v) is 4.72. The molecule has 0 fully saturated rings. The van der Waals surface area contributed by atoms with Gasteiger partial charge in [0.1, 0.15) is 0 Å². The molecule has 0 spiro atoms. The molecule has 1 N–H and O–H groups in total. The first-order chi connectivity index (χ1) is 9.70. The molecule has 1 heterocycles. The number of unbranched alkanes of at least 4 members (excludes halogenated alkanes) is 5. The largest absolute Gasteiger partial charge is 0.476 e. The van der Waals surface area contributed by atoms with E-state index in [0.29, 0.717) is 5.92 Å². The SMILES string of the molecule is CCCCCCC(CCCCC)c1scnc1C(=O)O. The van der Waals surface area contributed by atoms with E-state index in [1.807, 2.05) is 0 Å². The average molecular weight is 297 g/mol. The van der Waals surface area contributed by atoms with Crippen molar-refractivity contribution in [1.82, 2.24) is 4.98 Å². The quantitative estimate of drug-likeness (QED) is 0.550. The minimum Gasteiger partial charge on any atom is -0.476 e. The molecule has 0 saturated carbocycles. The summed E-state index contributed by atoms with van der Waals surface area (Å²) in [5.74, 6) is -0.493. The Kier molecular flexibility index (Phi) is 8.51. The Morgan fingerprint density at radius 1 is 1.15 bits per heavy atom. The van der Waals surface area contributed by atoms with Crippen LogP contribution in [0, 0.1) is 0 Å². The number of carbonyl (C=O) groups is 1. The molecule has 114 valence electrons. The number of carboxylic acid groups (broad SMARTS) is 1. The van der Waals surface area contributed by atoms with E-state index in [0.717, 1.165) is 17.7 Å². The molecular weight excluding hydrogens is 270 g/mol. The number of nitrogens with zero attached hydrogens (tertiary/aromatic N) is 1. The molecule has 1 unspecified atom stereocenters. The van der Waals surface area contributed by atoms with Crippen molar-refractivity contribution in [2.45, 2.75) is 77.6 Å². The number of aromatic nitrogens is 1. The van der Waals surface area contributed by atoms with Gasteiger partial charge in [-0.2, -0.15) is 0 Å². The highest BCUT2D eigenvalue weighted by Gasteiger charge is 2.21. The molecule has 0 aliphatic carbocycles. The summed E-state index contributed by atoms with van der Waals surface area (Å²) in [6.45, 7) is 4.41. The Labute approximate surface area is 126 Å². The van der Waals surface area contributed by atoms with Crippen molar-refractivity contribution < 1.29 is 9.90 Å². The molecule has 3 nitrogen and oxygen atoms in total. The van der Waals surface area contributed by atoms with E-state index in [1.165, 1.54) is 56.3 Å². The van der Waals surface area contributed by atoms with Gasteiger partial charge in [-0.15, -0.1) is 11.3 Å². The zero-order valence-corrected chi connectivity index (χ0v) is 13.5. The second kappa shape index (κ2) is 9.92. The summed E-state index contributed by atoms with van der Waals surface area (Å²) in [7, 11) is 0. The summed E-state index contributed by atoms with van der Waals surface area (Å²) in [5.41, 5.74) is 1.96. The number of aromatic carboxylic acids is 1. The first kappa shape index (κ1) is 17.2. The van der Waals surface area contributed by atoms with Gasteiger partial charge in [-0.05, 0) is 18.8 Å². The van der Waals surface area contributed by atoms with Crippen LogP contribution in [0.2, 0.25) is 0 Å². The van der Waals surface area contributed by atoms with Gasteiger partial charge in [0.2, 0.25) is 0 Å². The lowest BCUT2D eigenvalue weighted by Crippen LogP contribution is -2.06. The zero-order valence-electron chi connectivity index (χ0n) is 12.7. The van der Waals surface area contributed by atoms with Gasteiger partial charge in [0.25, 0.3) is 0 Å². The normalized spacial score (nSPS) is 12.5. The van der Waals surface area contributed by atoms with Crippen molar-refractivity contribution in [2.24, 2.45) is 0 Å². The van der Waals surface area contributed by atoms with E-state index in [2.05, 4.69) is 18.8 Å². The molecule has 0 aliphatic rings. The molecule has 1 aromatic heterocycles. The van der Waals surface area contributed by atoms with E-state index in [-0.39, 0.29) is 5.69 Å². The van der Waals surface area contributed by atoms with E-state index in [4.69, 9.17) is 0 Å². The molecule has 0 bridgehead atoms. The highest BCUT2D eigenvalue weighted by atomic mass is 32.1. The number of hydrogen-bond donors (Lipinski definition) is 1. The Balaban J connectivity index is 2.64. The van der Waals surface area contributed by atoms with Gasteiger partial charge in [-0.1, -0.05) is 58.8 Å². The number of thiazole rings is 1. The average Bonchev–Trinajstić information content (AvgIpc) is 2.91. The van der Waals surface area contributed by atoms with Gasteiger partial charge in [-0.3, -0.25) is 0 Å². The Morgan fingerprint density at radius 3 is 2.35 bits per heavy atom. The lowest BCUT2D eigenvalue weighted by molar-refractivity contribution is 0.0689. The molecule has 4 heteroatoms. The fourth-order valence-electron chi connectivity index (χ4n) is 2.57. The van der Waals surface area contributed by atoms with E-state index < -0.39 is 5.97 Å². The minimum atomic E-state index is -0.879. The van der Waals surface area contributed by atoms with Gasteiger partial charge in [-0.25, -0.2) is 9.78 Å². The topological polar surface area (TPSA) is 50.2 Å². The lowest BCUT2D eigenvalue weighted by Gasteiger charge is -2.16. The summed E-state index contributed by atoms with van der Waals surface area (Å²) in [6, 6.07) is 0. The van der Waals surface area contributed by atoms with Crippen LogP contribution in [0.5, 0.6) is 0 Å². The molecule has 0 aliphatic heterocycles. The van der Waals surface area contributed by atoms with Crippen LogP contribution in [-0.4, -0.2) is 16.1 Å². The fourth-order valence-corrected chi connectivity index (χ4v) is 3.52. The van der Waals surface area contributed by atoms with Crippen molar-refractivity contribution in [2.75, 3.05) is 0 Å². The maximum Gasteiger partial charge on any atom is 0.355 e. The van der Waals surface area contributed by atoms with Crippen molar-refractivity contribution in [1.29, 1.82) is 0 Å². The number of hydrogen-bond acceptors (Lipinski definition) is 3. The van der Waals surface area contributed by atoms with E-state index in [9.17, 15) is 9.90 Å². The maximum absolute atomic E-state index is 11.2. The van der Waals surface area contributed by atoms with Gasteiger partial charge < -0.3 is 5.11 Å². The van der Waals surface area contributed by atoms with Gasteiger partial charge in [0.05, 0.1) is 5.51 Å². The summed E-state index contributed by atoms with van der Waals surface area (Å²) < 4.78 is 0. The van der Waals surface area contributed by atoms with Gasteiger partial charge in [0, 0.05) is 4.88 Å². The Morgan fingerprint density at radius 2 is 1.75 bits per heavy atom. The molecular formula is C16H27NO2S. The Hall–Kier alpha value is -0.900. The summed E-state index contributed by atoms with van der Waals surface area (Å²) >= 11 is 1.52. The summed E-state index contributed by atoms with van der Waals surface area (Å²) in [6.07, 6.45) is 10.8. The predicted molar refractivity (Wildman–Crippen MR) is 84.7 cm³/mol. The summed E-state index contributed by atoms with van der Waals surface area (Å²) in [5, 5.41) is 9.23. The standard InChI is InChI=1S/C16H27NO2S/c1-3-5-7-9-11-13(10-8-6-4-2)15-14(16(18)19)17-12-20-15/h12-13H,3-11H2,1-2H3,(H,18,19). The van der Waals surface area contributed by atoms with E-state index in [1.54, 1.807) is 5.51 Å². The molecule has 0 aromatic carbocycles. The van der Waals surface area contributed by atoms with Crippen molar-refractivity contribution in [3.8, 4) is 0 Å². The van der Waals surface area contributed by atoms with Crippen LogP contribution in [0.25, 0.3) is 0 Å². The third kappa shape index (κ3) is 5.61. The molecule has 1 rings (SSSR count). The minimum absolute atomic E-state index is 0.284. The first-order valence-electron chi connectivity index (χ1n) is 7.87. The highest BCUT2D eigenvalue weighted by Crippen LogP contribution is 2.33. The van der Waals surface area contributed by atoms with Crippen LogP contribution in [-0.2, 0) is 0 Å². The smallest absolute Gasteiger partial charge is 0.355 e. The Bertz CT molecular complexity index is 390. The lowest BCUT2D eigenvalue weighted by atomic mass is 9.92. The molecule has 0 saturated heterocycles. The van der Waals surface area contributed by atoms with Crippen LogP contribution in [0.1, 0.15) is 92.9 Å². The molecule has 1 atom stereocenters. The van der Waals surface area contributed by atoms with Crippen LogP contribution in [0.15, 0.2) is 5.51 Å². The van der Waals surface area contributed by atoms with Crippen LogP contribution < -0.4 is 0 Å². The molecule has 1 aromatic rings. The van der Waals surface area contributed by atoms with Crippen LogP contribution >= 0.6 is 11.3 Å². The van der Waals surface area contributed by atoms with E-state index >= 15 is 0 Å². The highest BCUT2D eigenvalue weighted by molar-refractivity contribution is 7.10. The molecule has 0 amide bonds. The number of carboxylic acids is 1. The zero-order chi connectivity index (χ0) is 14.8. The second-order valence-corrected chi connectivity index (χ2v) is 6.30. The number of rotatable bonds is 11. The fraction of sp³-hybridized carbons (Fsp3) is 0.750. The van der Waals surface area contributed by atoms with Crippen molar-refractivity contribution in [3.63, 3.8) is 0 Å². The first-order valence-corrected chi connectivity index (χ1v) is 8.75. The van der Waals surface area contributed by atoms with Gasteiger partial charge >= 0.3 is 5.97 Å². The predicted octanol–water partition coefficient (Wildman–Crippen LogP) is 5.48.